The van der Waals surface area contributed by atoms with Crippen molar-refractivity contribution in [1.82, 2.24) is 20.3 Å². The lowest BCUT2D eigenvalue weighted by molar-refractivity contribution is 0.144. The molecule has 6 nitrogen and oxygen atoms in total. The van der Waals surface area contributed by atoms with Crippen LogP contribution in [0.1, 0.15) is 22.7 Å². The number of aromatic amines is 1. The van der Waals surface area contributed by atoms with Crippen molar-refractivity contribution >= 4 is 17.3 Å². The van der Waals surface area contributed by atoms with E-state index in [-0.39, 0.29) is 19.1 Å². The number of carbonyl (C=O) groups is 1. The van der Waals surface area contributed by atoms with Gasteiger partial charge in [0.15, 0.2) is 5.65 Å². The fourth-order valence-electron chi connectivity index (χ4n) is 3.79. The minimum Gasteiger partial charge on any atom is -0.449 e. The first-order valence-corrected chi connectivity index (χ1v) is 9.67. The maximum atomic E-state index is 12.1. The van der Waals surface area contributed by atoms with Crippen molar-refractivity contribution in [2.24, 2.45) is 0 Å². The molecule has 0 aliphatic heterocycles. The number of fused-ring (bicyclic) bond motifs is 4. The van der Waals surface area contributed by atoms with Gasteiger partial charge in [-0.25, -0.2) is 14.8 Å². The highest BCUT2D eigenvalue weighted by molar-refractivity contribution is 5.79. The maximum Gasteiger partial charge on any atom is 0.407 e. The minimum atomic E-state index is -0.488. The highest BCUT2D eigenvalue weighted by Crippen LogP contribution is 2.44. The van der Waals surface area contributed by atoms with Gasteiger partial charge in [0.1, 0.15) is 17.8 Å². The number of amides is 1. The Morgan fingerprint density at radius 2 is 1.80 bits per heavy atom. The van der Waals surface area contributed by atoms with Crippen LogP contribution in [-0.2, 0) is 4.74 Å². The second-order valence-corrected chi connectivity index (χ2v) is 6.95. The van der Waals surface area contributed by atoms with Crippen LogP contribution in [0.15, 0.2) is 67.0 Å². The number of ether oxygens (including phenoxy) is 1. The number of hydrogen-bond donors (Lipinski definition) is 2. The Bertz CT molecular complexity index is 1250. The van der Waals surface area contributed by atoms with Crippen LogP contribution >= 0.6 is 0 Å². The zero-order chi connectivity index (χ0) is 20.3. The summed E-state index contributed by atoms with van der Waals surface area (Å²) in [5.74, 6) is 5.81. The molecular formula is C24H18N4O2. The number of carbonyl (C=O) groups excluding carboxylic acids is 1. The molecule has 0 radical (unpaired) electrons. The summed E-state index contributed by atoms with van der Waals surface area (Å²) in [4.78, 5) is 23.7. The third-order valence-electron chi connectivity index (χ3n) is 5.14. The highest BCUT2D eigenvalue weighted by atomic mass is 16.5. The van der Waals surface area contributed by atoms with Crippen LogP contribution in [-0.4, -0.2) is 34.2 Å². The summed E-state index contributed by atoms with van der Waals surface area (Å²) in [6.45, 7) is 0.451. The molecule has 5 rings (SSSR count). The van der Waals surface area contributed by atoms with E-state index in [0.717, 1.165) is 11.2 Å². The van der Waals surface area contributed by atoms with Gasteiger partial charge in [-0.05, 0) is 34.2 Å². The van der Waals surface area contributed by atoms with E-state index in [4.69, 9.17) is 4.74 Å². The summed E-state index contributed by atoms with van der Waals surface area (Å²) in [6.07, 6.45) is 2.89. The molecule has 0 spiro atoms. The van der Waals surface area contributed by atoms with Crippen LogP contribution in [0.3, 0.4) is 0 Å². The smallest absolute Gasteiger partial charge is 0.407 e. The molecule has 2 aromatic heterocycles. The first-order valence-electron chi connectivity index (χ1n) is 9.67. The Morgan fingerprint density at radius 1 is 1.07 bits per heavy atom. The topological polar surface area (TPSA) is 79.9 Å². The molecule has 0 atom stereocenters. The summed E-state index contributed by atoms with van der Waals surface area (Å²) in [7, 11) is 0. The second-order valence-electron chi connectivity index (χ2n) is 6.95. The average Bonchev–Trinajstić information content (AvgIpc) is 3.37. The largest absolute Gasteiger partial charge is 0.449 e. The van der Waals surface area contributed by atoms with E-state index in [9.17, 15) is 4.79 Å². The number of nitrogens with one attached hydrogen (secondary N) is 2. The van der Waals surface area contributed by atoms with Crippen LogP contribution in [0, 0.1) is 11.8 Å². The van der Waals surface area contributed by atoms with Gasteiger partial charge in [-0.2, -0.15) is 0 Å². The third kappa shape index (κ3) is 3.38. The van der Waals surface area contributed by atoms with Crippen molar-refractivity contribution in [3.8, 4) is 23.0 Å². The third-order valence-corrected chi connectivity index (χ3v) is 5.14. The molecule has 1 aliphatic rings. The lowest BCUT2D eigenvalue weighted by atomic mass is 9.98. The standard InChI is InChI=1S/C24H18N4O2/c29-24(26-12-5-6-16-14-27-23-22(28-16)11-13-25-23)30-15-21-19-9-3-1-7-17(19)18-8-2-4-10-20(18)21/h1-4,7-11,13-14,21H,12,15H2,(H,25,27)(H,26,29). The van der Waals surface area contributed by atoms with Gasteiger partial charge < -0.3 is 15.0 Å². The van der Waals surface area contributed by atoms with Crippen LogP contribution in [0.2, 0.25) is 0 Å². The van der Waals surface area contributed by atoms with Crippen molar-refractivity contribution in [1.29, 1.82) is 0 Å². The van der Waals surface area contributed by atoms with Crippen molar-refractivity contribution in [2.45, 2.75) is 5.92 Å². The number of rotatable bonds is 3. The van der Waals surface area contributed by atoms with E-state index >= 15 is 0 Å². The Hall–Kier alpha value is -4.11. The molecule has 6 heteroatoms. The van der Waals surface area contributed by atoms with Gasteiger partial charge in [0.2, 0.25) is 0 Å². The molecule has 2 heterocycles. The molecule has 1 aliphatic carbocycles. The predicted octanol–water partition coefficient (Wildman–Crippen LogP) is 3.85. The van der Waals surface area contributed by atoms with Crippen molar-refractivity contribution in [3.05, 3.63) is 83.8 Å². The van der Waals surface area contributed by atoms with E-state index < -0.39 is 6.09 Å². The predicted molar refractivity (Wildman–Crippen MR) is 114 cm³/mol. The molecule has 30 heavy (non-hydrogen) atoms. The zero-order valence-electron chi connectivity index (χ0n) is 16.1. The van der Waals surface area contributed by atoms with Crippen molar-refractivity contribution < 1.29 is 9.53 Å². The van der Waals surface area contributed by atoms with Crippen LogP contribution in [0.25, 0.3) is 22.3 Å². The van der Waals surface area contributed by atoms with Gasteiger partial charge in [-0.1, -0.05) is 54.5 Å². The van der Waals surface area contributed by atoms with E-state index in [1.807, 2.05) is 30.3 Å². The Kier molecular flexibility index (Phi) is 4.62. The van der Waals surface area contributed by atoms with Gasteiger partial charge in [0.25, 0.3) is 0 Å². The van der Waals surface area contributed by atoms with Gasteiger partial charge in [0, 0.05) is 12.1 Å². The number of H-pyrrole nitrogens is 1. The van der Waals surface area contributed by atoms with Gasteiger partial charge in [-0.3, -0.25) is 0 Å². The molecule has 0 saturated carbocycles. The summed E-state index contributed by atoms with van der Waals surface area (Å²) < 4.78 is 5.49. The Morgan fingerprint density at radius 3 is 2.57 bits per heavy atom. The van der Waals surface area contributed by atoms with Crippen LogP contribution < -0.4 is 5.32 Å². The molecular weight excluding hydrogens is 376 g/mol. The van der Waals surface area contributed by atoms with Crippen LogP contribution in [0.4, 0.5) is 4.79 Å². The van der Waals surface area contributed by atoms with Crippen molar-refractivity contribution in [2.75, 3.05) is 13.2 Å². The Labute approximate surface area is 173 Å². The summed E-state index contributed by atoms with van der Waals surface area (Å²) in [6, 6.07) is 18.3. The highest BCUT2D eigenvalue weighted by Gasteiger charge is 2.28. The molecule has 1 amide bonds. The summed E-state index contributed by atoms with van der Waals surface area (Å²) >= 11 is 0. The van der Waals surface area contributed by atoms with Gasteiger partial charge in [-0.15, -0.1) is 0 Å². The quantitative estimate of drug-likeness (QED) is 0.517. The summed E-state index contributed by atoms with van der Waals surface area (Å²) in [5.41, 5.74) is 6.80. The first kappa shape index (κ1) is 18.0. The first-order chi connectivity index (χ1) is 14.8. The number of benzene rings is 2. The maximum absolute atomic E-state index is 12.1. The lowest BCUT2D eigenvalue weighted by Crippen LogP contribution is -2.26. The molecule has 0 fully saturated rings. The molecule has 4 aromatic rings. The molecule has 2 N–H and O–H groups in total. The SMILES string of the molecule is O=C(NCC#Cc1cnc2[nH]ccc2n1)OCC1c2ccccc2-c2ccccc21. The van der Waals surface area contributed by atoms with E-state index in [2.05, 4.69) is 56.4 Å². The van der Waals surface area contributed by atoms with E-state index in [1.54, 1.807) is 12.4 Å². The zero-order valence-corrected chi connectivity index (χ0v) is 16.1. The number of alkyl carbamates (subject to hydrolysis) is 1. The monoisotopic (exact) mass is 394 g/mol. The fourth-order valence-corrected chi connectivity index (χ4v) is 3.79. The minimum absolute atomic E-state index is 0.0394. The molecule has 0 unspecified atom stereocenters. The average molecular weight is 394 g/mol. The normalized spacial score (nSPS) is 12.0. The number of hydrogen-bond acceptors (Lipinski definition) is 4. The van der Waals surface area contributed by atoms with Gasteiger partial charge in [0.05, 0.1) is 12.7 Å². The lowest BCUT2D eigenvalue weighted by Gasteiger charge is -2.14. The number of aromatic nitrogens is 3. The molecule has 0 saturated heterocycles. The second kappa shape index (κ2) is 7.72. The fraction of sp³-hybridized carbons (Fsp3) is 0.125. The summed E-state index contributed by atoms with van der Waals surface area (Å²) in [5, 5.41) is 2.67. The van der Waals surface area contributed by atoms with Crippen molar-refractivity contribution in [3.63, 3.8) is 0 Å². The molecule has 146 valence electrons. The van der Waals surface area contributed by atoms with Gasteiger partial charge >= 0.3 is 6.09 Å². The molecule has 0 bridgehead atoms. The van der Waals surface area contributed by atoms with E-state index in [0.29, 0.717) is 5.69 Å². The van der Waals surface area contributed by atoms with E-state index in [1.165, 1.54) is 22.3 Å². The Balaban J connectivity index is 1.19. The van der Waals surface area contributed by atoms with Crippen LogP contribution in [0.5, 0.6) is 0 Å². The molecule has 2 aromatic carbocycles. The number of nitrogens with zero attached hydrogens (tertiary/aromatic N) is 2.